The topological polar surface area (TPSA) is 105 Å². The molecule has 0 bridgehead atoms. The van der Waals surface area contributed by atoms with Crippen molar-refractivity contribution in [3.8, 4) is 0 Å². The molecule has 0 radical (unpaired) electrons. The van der Waals surface area contributed by atoms with E-state index in [1.807, 2.05) is 32.0 Å². The van der Waals surface area contributed by atoms with Gasteiger partial charge in [0.1, 0.15) is 0 Å². The van der Waals surface area contributed by atoms with Crippen LogP contribution in [0.3, 0.4) is 0 Å². The molecule has 1 atom stereocenters. The fourth-order valence-corrected chi connectivity index (χ4v) is 3.02. The van der Waals surface area contributed by atoms with E-state index in [1.54, 1.807) is 29.2 Å². The van der Waals surface area contributed by atoms with Crippen LogP contribution in [0.1, 0.15) is 27.9 Å². The predicted molar refractivity (Wildman–Crippen MR) is 104 cm³/mol. The number of hydrogen-bond acceptors (Lipinski definition) is 3. The summed E-state index contributed by atoms with van der Waals surface area (Å²) in [5.74, 6) is -0.545. The van der Waals surface area contributed by atoms with Gasteiger partial charge in [0.2, 0.25) is 11.8 Å². The van der Waals surface area contributed by atoms with Crippen molar-refractivity contribution in [1.82, 2.24) is 5.32 Å². The zero-order valence-corrected chi connectivity index (χ0v) is 15.3. The normalized spacial score (nSPS) is 16.3. The number of carbonyl (C=O) groups is 3. The molecule has 0 saturated carbocycles. The molecule has 1 saturated heterocycles. The van der Waals surface area contributed by atoms with Crippen molar-refractivity contribution in [1.29, 1.82) is 0 Å². The Labute approximate surface area is 157 Å². The summed E-state index contributed by atoms with van der Waals surface area (Å²) in [5, 5.41) is 5.51. The van der Waals surface area contributed by atoms with Gasteiger partial charge in [-0.15, -0.1) is 0 Å². The maximum atomic E-state index is 12.3. The Morgan fingerprint density at radius 1 is 1.07 bits per heavy atom. The highest BCUT2D eigenvalue weighted by atomic mass is 16.2. The number of benzene rings is 2. The first kappa shape index (κ1) is 18.4. The van der Waals surface area contributed by atoms with Crippen molar-refractivity contribution < 1.29 is 14.4 Å². The van der Waals surface area contributed by atoms with Crippen LogP contribution in [0.2, 0.25) is 0 Å². The fraction of sp³-hybridized carbons (Fsp3) is 0.250. The summed E-state index contributed by atoms with van der Waals surface area (Å²) in [7, 11) is 0. The molecule has 2 aromatic rings. The lowest BCUT2D eigenvalue weighted by Crippen LogP contribution is -2.39. The Morgan fingerprint density at radius 2 is 1.78 bits per heavy atom. The average molecular weight is 366 g/mol. The minimum atomic E-state index is -0.526. The van der Waals surface area contributed by atoms with Gasteiger partial charge in [0.15, 0.2) is 0 Å². The van der Waals surface area contributed by atoms with Crippen LogP contribution < -0.4 is 21.3 Å². The highest BCUT2D eigenvalue weighted by molar-refractivity contribution is 5.98. The lowest BCUT2D eigenvalue weighted by Gasteiger charge is -2.18. The minimum Gasteiger partial charge on any atom is -0.366 e. The van der Waals surface area contributed by atoms with Crippen molar-refractivity contribution in [2.75, 3.05) is 16.8 Å². The van der Waals surface area contributed by atoms with Gasteiger partial charge in [-0.3, -0.25) is 9.59 Å². The third-order valence-corrected chi connectivity index (χ3v) is 4.69. The van der Waals surface area contributed by atoms with Gasteiger partial charge in [-0.25, -0.2) is 4.79 Å². The first-order valence-corrected chi connectivity index (χ1v) is 8.68. The second kappa shape index (κ2) is 7.49. The number of nitrogens with zero attached hydrogens (tertiary/aromatic N) is 1. The van der Waals surface area contributed by atoms with Crippen molar-refractivity contribution in [3.05, 3.63) is 59.2 Å². The number of nitrogens with two attached hydrogens (primary N) is 1. The molecule has 27 heavy (non-hydrogen) atoms. The lowest BCUT2D eigenvalue weighted by atomic mass is 10.1. The summed E-state index contributed by atoms with van der Waals surface area (Å²) in [5.41, 5.74) is 9.22. The van der Waals surface area contributed by atoms with Gasteiger partial charge in [-0.1, -0.05) is 6.07 Å². The van der Waals surface area contributed by atoms with Crippen molar-refractivity contribution in [2.24, 2.45) is 5.73 Å². The van der Waals surface area contributed by atoms with Crippen molar-refractivity contribution in [2.45, 2.75) is 26.3 Å². The van der Waals surface area contributed by atoms with E-state index in [9.17, 15) is 14.4 Å². The number of urea groups is 1. The number of rotatable bonds is 4. The number of hydrogen-bond donors (Lipinski definition) is 3. The third-order valence-electron chi connectivity index (χ3n) is 4.69. The first-order chi connectivity index (χ1) is 12.8. The van der Waals surface area contributed by atoms with E-state index >= 15 is 0 Å². The van der Waals surface area contributed by atoms with Gasteiger partial charge in [-0.2, -0.15) is 0 Å². The number of primary amides is 1. The maximum Gasteiger partial charge on any atom is 0.319 e. The lowest BCUT2D eigenvalue weighted by molar-refractivity contribution is -0.117. The van der Waals surface area contributed by atoms with Crippen molar-refractivity contribution >= 4 is 29.2 Å². The van der Waals surface area contributed by atoms with Gasteiger partial charge < -0.3 is 21.3 Å². The maximum absolute atomic E-state index is 12.3. The van der Waals surface area contributed by atoms with Gasteiger partial charge >= 0.3 is 6.03 Å². The van der Waals surface area contributed by atoms with Gasteiger partial charge in [0.05, 0.1) is 6.04 Å². The van der Waals surface area contributed by atoms with E-state index in [0.717, 1.165) is 11.3 Å². The molecule has 1 heterocycles. The average Bonchev–Trinajstić information content (AvgIpc) is 2.97. The van der Waals surface area contributed by atoms with Crippen molar-refractivity contribution in [3.63, 3.8) is 0 Å². The fourth-order valence-electron chi connectivity index (χ4n) is 3.02. The summed E-state index contributed by atoms with van der Waals surface area (Å²) < 4.78 is 0. The number of nitrogens with one attached hydrogen (secondary N) is 2. The summed E-state index contributed by atoms with van der Waals surface area (Å²) in [6.07, 6.45) is 0.251. The molecule has 1 fully saturated rings. The van der Waals surface area contributed by atoms with Crippen LogP contribution in [0.15, 0.2) is 42.5 Å². The summed E-state index contributed by atoms with van der Waals surface area (Å²) in [6.45, 7) is 4.46. The van der Waals surface area contributed by atoms with Crippen LogP contribution in [-0.2, 0) is 4.79 Å². The Bertz CT molecular complexity index is 893. The van der Waals surface area contributed by atoms with E-state index in [-0.39, 0.29) is 18.4 Å². The van der Waals surface area contributed by atoms with Crippen LogP contribution in [-0.4, -0.2) is 30.4 Å². The largest absolute Gasteiger partial charge is 0.366 e. The van der Waals surface area contributed by atoms with E-state index in [2.05, 4.69) is 10.6 Å². The number of carbonyl (C=O) groups excluding carboxylic acids is 3. The van der Waals surface area contributed by atoms with Crippen LogP contribution in [0, 0.1) is 13.8 Å². The predicted octanol–water partition coefficient (Wildman–Crippen LogP) is 2.33. The summed E-state index contributed by atoms with van der Waals surface area (Å²) in [4.78, 5) is 37.3. The molecule has 0 aromatic heterocycles. The molecular formula is C20H22N4O3. The smallest absolute Gasteiger partial charge is 0.319 e. The Balaban J connectivity index is 1.59. The molecule has 140 valence electrons. The first-order valence-electron chi connectivity index (χ1n) is 8.68. The highest BCUT2D eigenvalue weighted by Gasteiger charge is 2.31. The molecule has 4 amide bonds. The number of aryl methyl sites for hydroxylation is 2. The van der Waals surface area contributed by atoms with Gasteiger partial charge in [0.25, 0.3) is 0 Å². The third kappa shape index (κ3) is 4.25. The molecule has 4 N–H and O–H groups in total. The quantitative estimate of drug-likeness (QED) is 0.773. The van der Waals surface area contributed by atoms with Crippen LogP contribution in [0.5, 0.6) is 0 Å². The molecular weight excluding hydrogens is 344 g/mol. The van der Waals surface area contributed by atoms with E-state index in [0.29, 0.717) is 17.8 Å². The number of amides is 4. The molecule has 1 aliphatic rings. The van der Waals surface area contributed by atoms with Crippen LogP contribution in [0.25, 0.3) is 0 Å². The Morgan fingerprint density at radius 3 is 2.41 bits per heavy atom. The molecule has 0 unspecified atom stereocenters. The summed E-state index contributed by atoms with van der Waals surface area (Å²) >= 11 is 0. The highest BCUT2D eigenvalue weighted by Crippen LogP contribution is 2.24. The molecule has 0 aliphatic carbocycles. The molecule has 0 spiro atoms. The van der Waals surface area contributed by atoms with E-state index in [4.69, 9.17) is 5.73 Å². The monoisotopic (exact) mass is 366 g/mol. The van der Waals surface area contributed by atoms with Gasteiger partial charge in [-0.05, 0) is 61.4 Å². The van der Waals surface area contributed by atoms with Gasteiger partial charge in [0, 0.05) is 29.9 Å². The van der Waals surface area contributed by atoms with Crippen LogP contribution in [0.4, 0.5) is 16.2 Å². The molecule has 3 rings (SSSR count). The Hall–Kier alpha value is -3.35. The molecule has 7 nitrogen and oxygen atoms in total. The van der Waals surface area contributed by atoms with E-state index < -0.39 is 11.9 Å². The Kier molecular flexibility index (Phi) is 5.12. The van der Waals surface area contributed by atoms with E-state index in [1.165, 1.54) is 5.56 Å². The second-order valence-electron chi connectivity index (χ2n) is 6.71. The minimum absolute atomic E-state index is 0.0191. The molecule has 2 aromatic carbocycles. The van der Waals surface area contributed by atoms with Crippen LogP contribution >= 0.6 is 0 Å². The molecule has 1 aliphatic heterocycles. The number of anilines is 2. The zero-order valence-electron chi connectivity index (χ0n) is 15.3. The second-order valence-corrected chi connectivity index (χ2v) is 6.71. The zero-order chi connectivity index (χ0) is 19.6. The standard InChI is InChI=1S/C20H22N4O3/c1-12-3-8-17(9-13(12)2)24-11-16(10-18(24)25)23-20(27)22-15-6-4-14(5-7-15)19(21)26/h3-9,16H,10-11H2,1-2H3,(H2,21,26)(H2,22,23,27)/t16-/m1/s1. The summed E-state index contributed by atoms with van der Waals surface area (Å²) in [6, 6.07) is 11.5. The SMILES string of the molecule is Cc1ccc(N2C[C@H](NC(=O)Nc3ccc(C(N)=O)cc3)CC2=O)cc1C. The molecule has 7 heteroatoms.